The zero-order valence-electron chi connectivity index (χ0n) is 10.4. The number of anilines is 1. The summed E-state index contributed by atoms with van der Waals surface area (Å²) < 4.78 is 0. The van der Waals surface area contributed by atoms with Crippen molar-refractivity contribution in [1.29, 1.82) is 0 Å². The third-order valence-electron chi connectivity index (χ3n) is 2.69. The molecule has 1 aromatic rings. The van der Waals surface area contributed by atoms with Crippen LogP contribution in [-0.2, 0) is 4.79 Å². The Morgan fingerprint density at radius 2 is 1.70 bits per heavy atom. The van der Waals surface area contributed by atoms with E-state index in [0.717, 1.165) is 0 Å². The summed E-state index contributed by atoms with van der Waals surface area (Å²) in [6.07, 6.45) is -7.64. The number of carbonyl (C=O) groups excluding carboxylic acids is 1. The summed E-state index contributed by atoms with van der Waals surface area (Å²) in [7, 11) is 0. The van der Waals surface area contributed by atoms with Gasteiger partial charge >= 0.3 is 0 Å². The van der Waals surface area contributed by atoms with Crippen LogP contribution in [0.3, 0.4) is 0 Å². The number of rotatable bonds is 6. The SMILES string of the molecule is O=C(Nc1ccccc1O)[C@H](O)[C@H](O)[C@H](O)[C@H](O)CO. The molecule has 20 heavy (non-hydrogen) atoms. The van der Waals surface area contributed by atoms with Crippen molar-refractivity contribution in [2.24, 2.45) is 0 Å². The van der Waals surface area contributed by atoms with Crippen molar-refractivity contribution in [3.05, 3.63) is 24.3 Å². The van der Waals surface area contributed by atoms with Crippen LogP contribution in [0.15, 0.2) is 24.3 Å². The maximum atomic E-state index is 11.6. The average molecular weight is 287 g/mol. The van der Waals surface area contributed by atoms with E-state index in [1.54, 1.807) is 0 Å². The standard InChI is InChI=1S/C12H17NO7/c14-5-8(16)9(17)10(18)11(19)12(20)13-6-3-1-2-4-7(6)15/h1-4,8-11,14-19H,5H2,(H,13,20)/t8-,9-,10-,11-/m1/s1. The fraction of sp³-hybridized carbons (Fsp3) is 0.417. The molecule has 0 bridgehead atoms. The van der Waals surface area contributed by atoms with E-state index in [1.807, 2.05) is 0 Å². The third kappa shape index (κ3) is 3.89. The lowest BCUT2D eigenvalue weighted by atomic mass is 10.0. The number of phenols is 1. The lowest BCUT2D eigenvalue weighted by molar-refractivity contribution is -0.144. The summed E-state index contributed by atoms with van der Waals surface area (Å²) in [5.74, 6) is -1.32. The minimum atomic E-state index is -2.05. The van der Waals surface area contributed by atoms with Gasteiger partial charge in [-0.25, -0.2) is 0 Å². The van der Waals surface area contributed by atoms with Crippen LogP contribution in [-0.4, -0.2) is 67.6 Å². The molecule has 0 aliphatic carbocycles. The molecule has 0 spiro atoms. The van der Waals surface area contributed by atoms with E-state index in [1.165, 1.54) is 24.3 Å². The van der Waals surface area contributed by atoms with Gasteiger partial charge < -0.3 is 36.0 Å². The number of hydrogen-bond donors (Lipinski definition) is 7. The topological polar surface area (TPSA) is 150 Å². The monoisotopic (exact) mass is 287 g/mol. The highest BCUT2D eigenvalue weighted by molar-refractivity contribution is 5.95. The second kappa shape index (κ2) is 7.17. The number of hydrogen-bond acceptors (Lipinski definition) is 7. The largest absolute Gasteiger partial charge is 0.506 e. The van der Waals surface area contributed by atoms with E-state index in [0.29, 0.717) is 0 Å². The highest BCUT2D eigenvalue weighted by Crippen LogP contribution is 2.22. The van der Waals surface area contributed by atoms with Crippen LogP contribution in [0.25, 0.3) is 0 Å². The number of carbonyl (C=O) groups is 1. The molecule has 112 valence electrons. The maximum absolute atomic E-state index is 11.6. The average Bonchev–Trinajstić information content (AvgIpc) is 2.46. The van der Waals surface area contributed by atoms with Crippen LogP contribution >= 0.6 is 0 Å². The lowest BCUT2D eigenvalue weighted by Gasteiger charge is -2.25. The molecular weight excluding hydrogens is 270 g/mol. The molecule has 0 saturated carbocycles. The second-order valence-corrected chi connectivity index (χ2v) is 4.18. The van der Waals surface area contributed by atoms with Gasteiger partial charge in [0.1, 0.15) is 24.1 Å². The Morgan fingerprint density at radius 1 is 1.10 bits per heavy atom. The minimum absolute atomic E-state index is 0.0148. The molecule has 0 heterocycles. The van der Waals surface area contributed by atoms with Crippen LogP contribution in [0.4, 0.5) is 5.69 Å². The van der Waals surface area contributed by atoms with Crippen LogP contribution in [0.2, 0.25) is 0 Å². The van der Waals surface area contributed by atoms with Crippen LogP contribution < -0.4 is 5.32 Å². The van der Waals surface area contributed by atoms with Gasteiger partial charge in [0.25, 0.3) is 5.91 Å². The third-order valence-corrected chi connectivity index (χ3v) is 2.69. The smallest absolute Gasteiger partial charge is 0.256 e. The van der Waals surface area contributed by atoms with Gasteiger partial charge in [-0.15, -0.1) is 0 Å². The Labute approximate surface area is 114 Å². The first-order valence-corrected chi connectivity index (χ1v) is 5.80. The van der Waals surface area contributed by atoms with Gasteiger partial charge in [0, 0.05) is 0 Å². The summed E-state index contributed by atoms with van der Waals surface area (Å²) in [5, 5.41) is 57.8. The Morgan fingerprint density at radius 3 is 2.25 bits per heavy atom. The number of aliphatic hydroxyl groups is 5. The fourth-order valence-corrected chi connectivity index (χ4v) is 1.46. The molecule has 1 rings (SSSR count). The van der Waals surface area contributed by atoms with Crippen molar-refractivity contribution < 1.29 is 35.4 Å². The number of para-hydroxylation sites is 2. The van der Waals surface area contributed by atoms with Gasteiger partial charge in [-0.05, 0) is 12.1 Å². The molecule has 7 N–H and O–H groups in total. The van der Waals surface area contributed by atoms with Crippen molar-refractivity contribution in [3.63, 3.8) is 0 Å². The maximum Gasteiger partial charge on any atom is 0.256 e. The molecule has 0 saturated heterocycles. The highest BCUT2D eigenvalue weighted by atomic mass is 16.4. The van der Waals surface area contributed by atoms with Crippen molar-refractivity contribution in [2.45, 2.75) is 24.4 Å². The van der Waals surface area contributed by atoms with Gasteiger partial charge in [0.15, 0.2) is 6.10 Å². The van der Waals surface area contributed by atoms with Crippen LogP contribution in [0, 0.1) is 0 Å². The summed E-state index contributed by atoms with van der Waals surface area (Å²) >= 11 is 0. The van der Waals surface area contributed by atoms with Crippen LogP contribution in [0.5, 0.6) is 5.75 Å². The molecule has 0 radical (unpaired) electrons. The molecule has 0 unspecified atom stereocenters. The number of aliphatic hydroxyl groups excluding tert-OH is 5. The molecule has 1 aromatic carbocycles. The number of phenolic OH excluding ortho intramolecular Hbond substituents is 1. The fourth-order valence-electron chi connectivity index (χ4n) is 1.46. The van der Waals surface area contributed by atoms with E-state index in [4.69, 9.17) is 10.2 Å². The second-order valence-electron chi connectivity index (χ2n) is 4.18. The van der Waals surface area contributed by atoms with Crippen LogP contribution in [0.1, 0.15) is 0 Å². The molecule has 0 aromatic heterocycles. The molecule has 8 nitrogen and oxygen atoms in total. The first kappa shape index (κ1) is 16.3. The van der Waals surface area contributed by atoms with E-state index >= 15 is 0 Å². The van der Waals surface area contributed by atoms with Crippen molar-refractivity contribution in [1.82, 2.24) is 0 Å². The molecule has 0 aliphatic rings. The Bertz CT molecular complexity index is 453. The van der Waals surface area contributed by atoms with Gasteiger partial charge in [-0.3, -0.25) is 4.79 Å². The Balaban J connectivity index is 2.70. The van der Waals surface area contributed by atoms with E-state index in [9.17, 15) is 25.2 Å². The summed E-state index contributed by atoms with van der Waals surface area (Å²) in [6.45, 7) is -0.841. The quantitative estimate of drug-likeness (QED) is 0.292. The molecule has 1 amide bonds. The highest BCUT2D eigenvalue weighted by Gasteiger charge is 2.34. The van der Waals surface area contributed by atoms with E-state index in [2.05, 4.69) is 5.32 Å². The predicted octanol–water partition coefficient (Wildman–Crippen LogP) is -2.23. The summed E-state index contributed by atoms with van der Waals surface area (Å²) in [4.78, 5) is 11.6. The number of aromatic hydroxyl groups is 1. The van der Waals surface area contributed by atoms with Crippen molar-refractivity contribution in [2.75, 3.05) is 11.9 Å². The normalized spacial score (nSPS) is 17.1. The van der Waals surface area contributed by atoms with Crippen molar-refractivity contribution >= 4 is 11.6 Å². The predicted molar refractivity (Wildman–Crippen MR) is 67.8 cm³/mol. The number of nitrogens with one attached hydrogen (secondary N) is 1. The van der Waals surface area contributed by atoms with Gasteiger partial charge in [0.2, 0.25) is 0 Å². The summed E-state index contributed by atoms with van der Waals surface area (Å²) in [5.41, 5.74) is 0.0148. The number of benzene rings is 1. The molecule has 0 fully saturated rings. The molecule has 4 atom stereocenters. The minimum Gasteiger partial charge on any atom is -0.506 e. The van der Waals surface area contributed by atoms with Gasteiger partial charge in [-0.1, -0.05) is 12.1 Å². The molecular formula is C12H17NO7. The zero-order chi connectivity index (χ0) is 15.3. The Kier molecular flexibility index (Phi) is 5.86. The van der Waals surface area contributed by atoms with E-state index in [-0.39, 0.29) is 11.4 Å². The molecule has 0 aliphatic heterocycles. The Hall–Kier alpha value is -1.71. The molecule has 8 heteroatoms. The van der Waals surface area contributed by atoms with Gasteiger partial charge in [0.05, 0.1) is 12.3 Å². The summed E-state index contributed by atoms with van der Waals surface area (Å²) in [6, 6.07) is 5.73. The number of amides is 1. The zero-order valence-corrected chi connectivity index (χ0v) is 10.4. The van der Waals surface area contributed by atoms with Gasteiger partial charge in [-0.2, -0.15) is 0 Å². The first-order valence-electron chi connectivity index (χ1n) is 5.80. The van der Waals surface area contributed by atoms with E-state index < -0.39 is 36.9 Å². The van der Waals surface area contributed by atoms with Crippen molar-refractivity contribution in [3.8, 4) is 5.75 Å². The first-order chi connectivity index (χ1) is 9.38. The lowest BCUT2D eigenvalue weighted by Crippen LogP contribution is -2.50.